The molecule has 0 bridgehead atoms. The fourth-order valence-electron chi connectivity index (χ4n) is 1.34. The zero-order chi connectivity index (χ0) is 12.8. The zero-order valence-electron chi connectivity index (χ0n) is 11.6. The van der Waals surface area contributed by atoms with E-state index in [1.807, 2.05) is 27.7 Å². The van der Waals surface area contributed by atoms with Gasteiger partial charge in [-0.3, -0.25) is 4.79 Å². The Morgan fingerprint density at radius 3 is 2.12 bits per heavy atom. The van der Waals surface area contributed by atoms with Crippen molar-refractivity contribution in [2.75, 3.05) is 20.3 Å². The second kappa shape index (κ2) is 6.24. The van der Waals surface area contributed by atoms with Gasteiger partial charge in [0.25, 0.3) is 0 Å². The molecule has 0 saturated carbocycles. The van der Waals surface area contributed by atoms with Crippen molar-refractivity contribution in [3.05, 3.63) is 0 Å². The molecule has 96 valence electrons. The van der Waals surface area contributed by atoms with Crippen LogP contribution in [0.1, 0.15) is 47.5 Å². The first-order valence-corrected chi connectivity index (χ1v) is 5.95. The van der Waals surface area contributed by atoms with Gasteiger partial charge >= 0.3 is 5.97 Å². The Labute approximate surface area is 99.5 Å². The molecule has 0 aliphatic rings. The molecule has 0 radical (unpaired) electrons. The van der Waals surface area contributed by atoms with Crippen molar-refractivity contribution in [3.63, 3.8) is 0 Å². The number of esters is 1. The standard InChI is InChI=1S/C13H26O3/c1-7-8-9-16-11(14)13(5,10-15-6)12(2,3)4/h7-10H2,1-6H3. The molecule has 0 aromatic rings. The molecule has 0 saturated heterocycles. The SMILES string of the molecule is CCCCOC(=O)C(C)(COC)C(C)(C)C. The highest BCUT2D eigenvalue weighted by molar-refractivity contribution is 5.77. The summed E-state index contributed by atoms with van der Waals surface area (Å²) in [6, 6.07) is 0. The monoisotopic (exact) mass is 230 g/mol. The van der Waals surface area contributed by atoms with Crippen molar-refractivity contribution in [2.24, 2.45) is 10.8 Å². The summed E-state index contributed by atoms with van der Waals surface area (Å²) >= 11 is 0. The van der Waals surface area contributed by atoms with E-state index >= 15 is 0 Å². The Hall–Kier alpha value is -0.570. The number of hydrogen-bond donors (Lipinski definition) is 0. The third kappa shape index (κ3) is 3.78. The highest BCUT2D eigenvalue weighted by atomic mass is 16.5. The molecule has 1 atom stereocenters. The van der Waals surface area contributed by atoms with Crippen LogP contribution in [-0.2, 0) is 14.3 Å². The summed E-state index contributed by atoms with van der Waals surface area (Å²) in [5, 5.41) is 0. The van der Waals surface area contributed by atoms with E-state index in [4.69, 9.17) is 9.47 Å². The summed E-state index contributed by atoms with van der Waals surface area (Å²) in [5.74, 6) is -0.157. The topological polar surface area (TPSA) is 35.5 Å². The highest BCUT2D eigenvalue weighted by Crippen LogP contribution is 2.39. The molecule has 0 N–H and O–H groups in total. The second-order valence-corrected chi connectivity index (χ2v) is 5.50. The van der Waals surface area contributed by atoms with Gasteiger partial charge in [-0.15, -0.1) is 0 Å². The minimum atomic E-state index is -0.588. The number of rotatable bonds is 6. The molecule has 1 unspecified atom stereocenters. The number of methoxy groups -OCH3 is 1. The fourth-order valence-corrected chi connectivity index (χ4v) is 1.34. The molecule has 0 spiro atoms. The van der Waals surface area contributed by atoms with Crippen LogP contribution < -0.4 is 0 Å². The molecule has 3 nitrogen and oxygen atoms in total. The van der Waals surface area contributed by atoms with Crippen LogP contribution in [0.25, 0.3) is 0 Å². The number of ether oxygens (including phenoxy) is 2. The Kier molecular flexibility index (Phi) is 6.01. The van der Waals surface area contributed by atoms with Gasteiger partial charge in [0.05, 0.1) is 18.6 Å². The summed E-state index contributed by atoms with van der Waals surface area (Å²) in [5.41, 5.74) is -0.762. The predicted molar refractivity (Wildman–Crippen MR) is 65.3 cm³/mol. The lowest BCUT2D eigenvalue weighted by Crippen LogP contribution is -2.45. The smallest absolute Gasteiger partial charge is 0.314 e. The Balaban J connectivity index is 4.58. The summed E-state index contributed by atoms with van der Waals surface area (Å²) in [7, 11) is 1.61. The Morgan fingerprint density at radius 2 is 1.75 bits per heavy atom. The van der Waals surface area contributed by atoms with E-state index in [0.29, 0.717) is 13.2 Å². The van der Waals surface area contributed by atoms with E-state index in [2.05, 4.69) is 6.92 Å². The van der Waals surface area contributed by atoms with E-state index in [9.17, 15) is 4.79 Å². The molecule has 0 aromatic heterocycles. The van der Waals surface area contributed by atoms with Crippen LogP contribution in [0.5, 0.6) is 0 Å². The fraction of sp³-hybridized carbons (Fsp3) is 0.923. The van der Waals surface area contributed by atoms with Crippen LogP contribution in [0.2, 0.25) is 0 Å². The number of carbonyl (C=O) groups excluding carboxylic acids is 1. The Bertz CT molecular complexity index is 218. The quantitative estimate of drug-likeness (QED) is 0.519. The van der Waals surface area contributed by atoms with Gasteiger partial charge in [-0.25, -0.2) is 0 Å². The molecule has 0 aliphatic carbocycles. The third-order valence-corrected chi connectivity index (χ3v) is 3.27. The van der Waals surface area contributed by atoms with Crippen molar-refractivity contribution in [2.45, 2.75) is 47.5 Å². The van der Waals surface area contributed by atoms with Gasteiger partial charge < -0.3 is 9.47 Å². The van der Waals surface area contributed by atoms with Crippen LogP contribution in [0.3, 0.4) is 0 Å². The minimum Gasteiger partial charge on any atom is -0.465 e. The zero-order valence-corrected chi connectivity index (χ0v) is 11.6. The maximum atomic E-state index is 12.1. The number of carbonyl (C=O) groups is 1. The lowest BCUT2D eigenvalue weighted by Gasteiger charge is -2.38. The average Bonchev–Trinajstić information content (AvgIpc) is 2.16. The largest absolute Gasteiger partial charge is 0.465 e. The second-order valence-electron chi connectivity index (χ2n) is 5.50. The van der Waals surface area contributed by atoms with E-state index in [1.54, 1.807) is 7.11 Å². The van der Waals surface area contributed by atoms with Gasteiger partial charge in [0.15, 0.2) is 0 Å². The minimum absolute atomic E-state index is 0.157. The molecular formula is C13H26O3. The van der Waals surface area contributed by atoms with Gasteiger partial charge in [0.2, 0.25) is 0 Å². The average molecular weight is 230 g/mol. The summed E-state index contributed by atoms with van der Waals surface area (Å²) in [4.78, 5) is 12.1. The molecule has 0 aliphatic heterocycles. The first kappa shape index (κ1) is 15.4. The molecule has 0 fully saturated rings. The van der Waals surface area contributed by atoms with Crippen LogP contribution in [0, 0.1) is 10.8 Å². The van der Waals surface area contributed by atoms with Gasteiger partial charge in [-0.05, 0) is 18.8 Å². The van der Waals surface area contributed by atoms with E-state index in [-0.39, 0.29) is 11.4 Å². The van der Waals surface area contributed by atoms with Crippen LogP contribution >= 0.6 is 0 Å². The van der Waals surface area contributed by atoms with E-state index in [0.717, 1.165) is 12.8 Å². The van der Waals surface area contributed by atoms with Crippen LogP contribution in [-0.4, -0.2) is 26.3 Å². The normalized spacial score (nSPS) is 15.6. The van der Waals surface area contributed by atoms with Crippen molar-refractivity contribution < 1.29 is 14.3 Å². The first-order valence-electron chi connectivity index (χ1n) is 5.95. The summed E-state index contributed by atoms with van der Waals surface area (Å²) in [6.45, 7) is 11.0. The maximum Gasteiger partial charge on any atom is 0.314 e. The van der Waals surface area contributed by atoms with Gasteiger partial charge in [-0.1, -0.05) is 34.1 Å². The number of hydrogen-bond acceptors (Lipinski definition) is 3. The van der Waals surface area contributed by atoms with Gasteiger partial charge in [0.1, 0.15) is 0 Å². The number of unbranched alkanes of at least 4 members (excludes halogenated alkanes) is 1. The van der Waals surface area contributed by atoms with Gasteiger partial charge in [-0.2, -0.15) is 0 Å². The lowest BCUT2D eigenvalue weighted by atomic mass is 9.68. The van der Waals surface area contributed by atoms with Crippen molar-refractivity contribution in [3.8, 4) is 0 Å². The van der Waals surface area contributed by atoms with Gasteiger partial charge in [0, 0.05) is 7.11 Å². The van der Waals surface area contributed by atoms with Crippen molar-refractivity contribution in [1.82, 2.24) is 0 Å². The molecule has 3 heteroatoms. The van der Waals surface area contributed by atoms with Crippen molar-refractivity contribution in [1.29, 1.82) is 0 Å². The maximum absolute atomic E-state index is 12.1. The first-order chi connectivity index (χ1) is 7.29. The van der Waals surface area contributed by atoms with Crippen LogP contribution in [0.4, 0.5) is 0 Å². The lowest BCUT2D eigenvalue weighted by molar-refractivity contribution is -0.166. The molecule has 16 heavy (non-hydrogen) atoms. The molecule has 0 amide bonds. The molecular weight excluding hydrogens is 204 g/mol. The molecule has 0 aromatic carbocycles. The summed E-state index contributed by atoms with van der Waals surface area (Å²) < 4.78 is 10.5. The highest BCUT2D eigenvalue weighted by Gasteiger charge is 2.45. The Morgan fingerprint density at radius 1 is 1.19 bits per heavy atom. The molecule has 0 heterocycles. The van der Waals surface area contributed by atoms with E-state index < -0.39 is 5.41 Å². The predicted octanol–water partition coefficient (Wildman–Crippen LogP) is 3.03. The molecule has 0 rings (SSSR count). The third-order valence-electron chi connectivity index (χ3n) is 3.27. The van der Waals surface area contributed by atoms with Crippen molar-refractivity contribution >= 4 is 5.97 Å². The summed E-state index contributed by atoms with van der Waals surface area (Å²) in [6.07, 6.45) is 1.95. The van der Waals surface area contributed by atoms with E-state index in [1.165, 1.54) is 0 Å². The van der Waals surface area contributed by atoms with Crippen LogP contribution in [0.15, 0.2) is 0 Å².